The Labute approximate surface area is 106 Å². The van der Waals surface area contributed by atoms with Gasteiger partial charge in [-0.3, -0.25) is 14.9 Å². The lowest BCUT2D eigenvalue weighted by atomic mass is 9.92. The fraction of sp³-hybridized carbons (Fsp3) is 0.417. The molecule has 0 saturated heterocycles. The van der Waals surface area contributed by atoms with E-state index >= 15 is 0 Å². The van der Waals surface area contributed by atoms with E-state index in [1.807, 2.05) is 0 Å². The van der Waals surface area contributed by atoms with Crippen LogP contribution < -0.4 is 10.6 Å². The third-order valence-electron chi connectivity index (χ3n) is 2.63. The van der Waals surface area contributed by atoms with E-state index in [2.05, 4.69) is 10.6 Å². The molecule has 1 rings (SSSR count). The molecule has 0 atom stereocenters. The van der Waals surface area contributed by atoms with Crippen LogP contribution in [0.1, 0.15) is 13.8 Å². The molecular formula is C12H17N3O3. The van der Waals surface area contributed by atoms with Gasteiger partial charge in [-0.15, -0.1) is 0 Å². The summed E-state index contributed by atoms with van der Waals surface area (Å²) in [5.74, 6) is -0.0829. The largest absolute Gasteiger partial charge is 0.384 e. The van der Waals surface area contributed by atoms with Gasteiger partial charge in [-0.2, -0.15) is 0 Å². The molecule has 6 heteroatoms. The summed E-state index contributed by atoms with van der Waals surface area (Å²) in [6, 6.07) is 6.20. The number of carbonyl (C=O) groups excluding carboxylic acids is 1. The van der Waals surface area contributed by atoms with Crippen LogP contribution in [0.2, 0.25) is 0 Å². The molecule has 0 saturated carbocycles. The number of carbonyl (C=O) groups is 1. The molecule has 0 heterocycles. The standard InChI is InChI=1S/C12H17N3O3/c1-12(2,11(16)13-3)8-14-9-5-4-6-10(7-9)15(17)18/h4-7,14H,8H2,1-3H3,(H,13,16). The number of benzene rings is 1. The molecule has 0 aliphatic rings. The molecule has 0 bridgehead atoms. The maximum atomic E-state index is 11.6. The number of anilines is 1. The van der Waals surface area contributed by atoms with Gasteiger partial charge >= 0.3 is 0 Å². The number of rotatable bonds is 5. The second-order valence-electron chi connectivity index (χ2n) is 4.62. The van der Waals surface area contributed by atoms with E-state index in [0.717, 1.165) is 0 Å². The average molecular weight is 251 g/mol. The van der Waals surface area contributed by atoms with Crippen molar-refractivity contribution in [2.24, 2.45) is 5.41 Å². The van der Waals surface area contributed by atoms with Gasteiger partial charge in [0, 0.05) is 31.4 Å². The number of nitro groups is 1. The molecule has 6 nitrogen and oxygen atoms in total. The van der Waals surface area contributed by atoms with E-state index in [-0.39, 0.29) is 11.6 Å². The summed E-state index contributed by atoms with van der Waals surface area (Å²) in [5, 5.41) is 16.2. The van der Waals surface area contributed by atoms with Crippen LogP contribution in [0.3, 0.4) is 0 Å². The highest BCUT2D eigenvalue weighted by molar-refractivity contribution is 5.82. The van der Waals surface area contributed by atoms with Crippen LogP contribution in [0.5, 0.6) is 0 Å². The molecule has 1 aromatic rings. The van der Waals surface area contributed by atoms with E-state index in [1.54, 1.807) is 33.0 Å². The average Bonchev–Trinajstić information content (AvgIpc) is 2.35. The fourth-order valence-corrected chi connectivity index (χ4v) is 1.47. The SMILES string of the molecule is CNC(=O)C(C)(C)CNc1cccc([N+](=O)[O-])c1. The molecule has 0 aliphatic carbocycles. The van der Waals surface area contributed by atoms with Gasteiger partial charge in [0.1, 0.15) is 0 Å². The van der Waals surface area contributed by atoms with Crippen LogP contribution in [0, 0.1) is 15.5 Å². The molecule has 2 N–H and O–H groups in total. The van der Waals surface area contributed by atoms with Gasteiger partial charge < -0.3 is 10.6 Å². The van der Waals surface area contributed by atoms with Gasteiger partial charge in [0.05, 0.1) is 10.3 Å². The third-order valence-corrected chi connectivity index (χ3v) is 2.63. The summed E-state index contributed by atoms with van der Waals surface area (Å²) >= 11 is 0. The van der Waals surface area contributed by atoms with Crippen LogP contribution in [0.15, 0.2) is 24.3 Å². The van der Waals surface area contributed by atoms with Crippen molar-refractivity contribution in [3.63, 3.8) is 0 Å². The Bertz CT molecular complexity index is 458. The minimum absolute atomic E-state index is 0.0257. The summed E-state index contributed by atoms with van der Waals surface area (Å²) in [4.78, 5) is 21.7. The number of nitro benzene ring substituents is 1. The predicted molar refractivity (Wildman–Crippen MR) is 69.4 cm³/mol. The summed E-state index contributed by atoms with van der Waals surface area (Å²) in [6.45, 7) is 4.00. The highest BCUT2D eigenvalue weighted by Crippen LogP contribution is 2.20. The molecule has 98 valence electrons. The van der Waals surface area contributed by atoms with Crippen molar-refractivity contribution in [1.82, 2.24) is 5.32 Å². The van der Waals surface area contributed by atoms with Gasteiger partial charge in [-0.25, -0.2) is 0 Å². The molecule has 0 unspecified atom stereocenters. The highest BCUT2D eigenvalue weighted by Gasteiger charge is 2.26. The van der Waals surface area contributed by atoms with E-state index in [0.29, 0.717) is 12.2 Å². The first kappa shape index (κ1) is 14.0. The monoisotopic (exact) mass is 251 g/mol. The number of nitrogens with zero attached hydrogens (tertiary/aromatic N) is 1. The molecular weight excluding hydrogens is 234 g/mol. The van der Waals surface area contributed by atoms with E-state index in [1.165, 1.54) is 12.1 Å². The number of hydrogen-bond acceptors (Lipinski definition) is 4. The zero-order valence-corrected chi connectivity index (χ0v) is 10.7. The lowest BCUT2D eigenvalue weighted by Gasteiger charge is -2.23. The van der Waals surface area contributed by atoms with Gasteiger partial charge in [0.25, 0.3) is 5.69 Å². The van der Waals surface area contributed by atoms with Crippen molar-refractivity contribution in [3.05, 3.63) is 34.4 Å². The van der Waals surface area contributed by atoms with Crippen molar-refractivity contribution in [3.8, 4) is 0 Å². The minimum Gasteiger partial charge on any atom is -0.384 e. The Morgan fingerprint density at radius 2 is 2.11 bits per heavy atom. The second-order valence-corrected chi connectivity index (χ2v) is 4.62. The second kappa shape index (κ2) is 5.48. The van der Waals surface area contributed by atoms with Gasteiger partial charge in [-0.1, -0.05) is 6.07 Å². The Morgan fingerprint density at radius 1 is 1.44 bits per heavy atom. The van der Waals surface area contributed by atoms with E-state index in [4.69, 9.17) is 0 Å². The molecule has 18 heavy (non-hydrogen) atoms. The predicted octanol–water partition coefficient (Wildman–Crippen LogP) is 1.78. The number of amides is 1. The Balaban J connectivity index is 2.72. The number of non-ortho nitro benzene ring substituents is 1. The van der Waals surface area contributed by atoms with E-state index in [9.17, 15) is 14.9 Å². The van der Waals surface area contributed by atoms with Gasteiger partial charge in [0.15, 0.2) is 0 Å². The molecule has 0 fully saturated rings. The Hall–Kier alpha value is -2.11. The molecule has 0 spiro atoms. The number of hydrogen-bond donors (Lipinski definition) is 2. The number of nitrogens with one attached hydrogen (secondary N) is 2. The van der Waals surface area contributed by atoms with Crippen LogP contribution in [-0.4, -0.2) is 24.4 Å². The zero-order chi connectivity index (χ0) is 13.8. The maximum Gasteiger partial charge on any atom is 0.271 e. The highest BCUT2D eigenvalue weighted by atomic mass is 16.6. The summed E-state index contributed by atoms with van der Waals surface area (Å²) < 4.78 is 0. The first-order valence-electron chi connectivity index (χ1n) is 5.57. The lowest BCUT2D eigenvalue weighted by molar-refractivity contribution is -0.384. The van der Waals surface area contributed by atoms with Crippen molar-refractivity contribution in [1.29, 1.82) is 0 Å². The molecule has 0 aromatic heterocycles. The summed E-state index contributed by atoms with van der Waals surface area (Å²) in [5.41, 5.74) is 0.0678. The third kappa shape index (κ3) is 3.44. The van der Waals surface area contributed by atoms with E-state index < -0.39 is 10.3 Å². The van der Waals surface area contributed by atoms with Gasteiger partial charge in [0.2, 0.25) is 5.91 Å². The minimum atomic E-state index is -0.584. The van der Waals surface area contributed by atoms with Crippen LogP contribution in [-0.2, 0) is 4.79 Å². The van der Waals surface area contributed by atoms with Gasteiger partial charge in [-0.05, 0) is 19.9 Å². The topological polar surface area (TPSA) is 84.3 Å². The smallest absolute Gasteiger partial charge is 0.271 e. The normalized spacial score (nSPS) is 10.8. The Kier molecular flexibility index (Phi) is 4.25. The Morgan fingerprint density at radius 3 is 2.67 bits per heavy atom. The van der Waals surface area contributed by atoms with Crippen molar-refractivity contribution >= 4 is 17.3 Å². The molecule has 1 amide bonds. The fourth-order valence-electron chi connectivity index (χ4n) is 1.47. The van der Waals surface area contributed by atoms with Crippen molar-refractivity contribution < 1.29 is 9.72 Å². The molecule has 0 aliphatic heterocycles. The first-order valence-corrected chi connectivity index (χ1v) is 5.57. The first-order chi connectivity index (χ1) is 8.36. The maximum absolute atomic E-state index is 11.6. The molecule has 1 aromatic carbocycles. The molecule has 0 radical (unpaired) electrons. The van der Waals surface area contributed by atoms with Crippen LogP contribution in [0.25, 0.3) is 0 Å². The summed E-state index contributed by atoms with van der Waals surface area (Å²) in [6.07, 6.45) is 0. The lowest BCUT2D eigenvalue weighted by Crippen LogP contribution is -2.39. The van der Waals surface area contributed by atoms with Crippen molar-refractivity contribution in [2.45, 2.75) is 13.8 Å². The summed E-state index contributed by atoms with van der Waals surface area (Å²) in [7, 11) is 1.58. The van der Waals surface area contributed by atoms with Crippen molar-refractivity contribution in [2.75, 3.05) is 18.9 Å². The quantitative estimate of drug-likeness (QED) is 0.617. The van der Waals surface area contributed by atoms with Crippen LogP contribution >= 0.6 is 0 Å². The van der Waals surface area contributed by atoms with Crippen LogP contribution in [0.4, 0.5) is 11.4 Å². The zero-order valence-electron chi connectivity index (χ0n) is 10.7.